The summed E-state index contributed by atoms with van der Waals surface area (Å²) in [6.45, 7) is 2.58. The Balaban J connectivity index is 2.54. The van der Waals surface area contributed by atoms with Crippen LogP contribution in [0.25, 0.3) is 0 Å². The summed E-state index contributed by atoms with van der Waals surface area (Å²) in [4.78, 5) is 11.9. The smallest absolute Gasteiger partial charge is 0.342 e. The molecule has 1 aromatic carbocycles. The van der Waals surface area contributed by atoms with Crippen LogP contribution in [0.4, 0.5) is 5.69 Å². The number of hydrogen-bond acceptors (Lipinski definition) is 4. The summed E-state index contributed by atoms with van der Waals surface area (Å²) in [5.41, 5.74) is 6.56. The molecule has 0 heterocycles. The van der Waals surface area contributed by atoms with Crippen LogP contribution in [0.2, 0.25) is 0 Å². The Kier molecular flexibility index (Phi) is 6.05. The molecule has 0 saturated heterocycles. The zero-order chi connectivity index (χ0) is 13.4. The number of rotatable bonds is 7. The molecule has 0 bridgehead atoms. The van der Waals surface area contributed by atoms with E-state index in [0.717, 1.165) is 19.3 Å². The lowest BCUT2D eigenvalue weighted by Gasteiger charge is -2.10. The first-order valence-electron chi connectivity index (χ1n) is 6.30. The molecule has 0 saturated carbocycles. The summed E-state index contributed by atoms with van der Waals surface area (Å²) < 4.78 is 10.3. The molecule has 18 heavy (non-hydrogen) atoms. The number of nitrogen functional groups attached to an aromatic ring is 1. The van der Waals surface area contributed by atoms with Crippen molar-refractivity contribution in [2.75, 3.05) is 19.5 Å². The van der Waals surface area contributed by atoms with E-state index in [9.17, 15) is 4.79 Å². The molecule has 0 spiro atoms. The van der Waals surface area contributed by atoms with E-state index in [4.69, 9.17) is 15.2 Å². The topological polar surface area (TPSA) is 61.5 Å². The number of para-hydroxylation sites is 1. The second-order valence-electron chi connectivity index (χ2n) is 4.12. The molecule has 0 aliphatic carbocycles. The molecule has 2 N–H and O–H groups in total. The van der Waals surface area contributed by atoms with Gasteiger partial charge in [0.1, 0.15) is 5.56 Å². The first-order chi connectivity index (χ1) is 8.70. The third-order valence-corrected chi connectivity index (χ3v) is 2.70. The lowest BCUT2D eigenvalue weighted by atomic mass is 10.1. The number of unbranched alkanes of at least 4 members (excludes halogenated alkanes) is 3. The SMILES string of the molecule is CCCCCCOC(=O)c1cccc(N)c1OC. The van der Waals surface area contributed by atoms with Crippen LogP contribution in [-0.2, 0) is 4.74 Å². The van der Waals surface area contributed by atoms with Crippen molar-refractivity contribution in [1.29, 1.82) is 0 Å². The van der Waals surface area contributed by atoms with Crippen molar-refractivity contribution < 1.29 is 14.3 Å². The van der Waals surface area contributed by atoms with Crippen molar-refractivity contribution >= 4 is 11.7 Å². The number of anilines is 1. The van der Waals surface area contributed by atoms with E-state index < -0.39 is 0 Å². The van der Waals surface area contributed by atoms with Crippen LogP contribution < -0.4 is 10.5 Å². The van der Waals surface area contributed by atoms with Gasteiger partial charge in [0, 0.05) is 0 Å². The fourth-order valence-electron chi connectivity index (χ4n) is 1.71. The average molecular weight is 251 g/mol. The Labute approximate surface area is 108 Å². The van der Waals surface area contributed by atoms with Gasteiger partial charge >= 0.3 is 5.97 Å². The molecule has 0 aliphatic rings. The van der Waals surface area contributed by atoms with Crippen LogP contribution >= 0.6 is 0 Å². The second-order valence-corrected chi connectivity index (χ2v) is 4.12. The lowest BCUT2D eigenvalue weighted by molar-refractivity contribution is 0.0494. The Hall–Kier alpha value is -1.71. The molecule has 0 fully saturated rings. The van der Waals surface area contributed by atoms with Crippen LogP contribution in [0.3, 0.4) is 0 Å². The van der Waals surface area contributed by atoms with Gasteiger partial charge in [0.25, 0.3) is 0 Å². The Morgan fingerprint density at radius 1 is 1.28 bits per heavy atom. The molecule has 4 nitrogen and oxygen atoms in total. The molecule has 0 amide bonds. The fourth-order valence-corrected chi connectivity index (χ4v) is 1.71. The zero-order valence-electron chi connectivity index (χ0n) is 11.1. The summed E-state index contributed by atoms with van der Waals surface area (Å²) in [6, 6.07) is 5.06. The molecule has 0 unspecified atom stereocenters. The molecule has 4 heteroatoms. The molecular weight excluding hydrogens is 230 g/mol. The minimum atomic E-state index is -0.379. The summed E-state index contributed by atoms with van der Waals surface area (Å²) in [5.74, 6) is 0.00621. The van der Waals surface area contributed by atoms with Gasteiger partial charge in [-0.15, -0.1) is 0 Å². The first kappa shape index (κ1) is 14.4. The number of ether oxygens (including phenoxy) is 2. The van der Waals surface area contributed by atoms with Gasteiger partial charge < -0.3 is 15.2 Å². The van der Waals surface area contributed by atoms with Crippen molar-refractivity contribution in [3.8, 4) is 5.75 Å². The number of nitrogens with two attached hydrogens (primary N) is 1. The van der Waals surface area contributed by atoms with Crippen LogP contribution in [0, 0.1) is 0 Å². The van der Waals surface area contributed by atoms with E-state index in [1.165, 1.54) is 13.5 Å². The molecular formula is C14H21NO3. The normalized spacial score (nSPS) is 10.1. The maximum atomic E-state index is 11.9. The van der Waals surface area contributed by atoms with E-state index >= 15 is 0 Å². The monoisotopic (exact) mass is 251 g/mol. The molecule has 1 aromatic rings. The van der Waals surface area contributed by atoms with Crippen molar-refractivity contribution in [2.45, 2.75) is 32.6 Å². The van der Waals surface area contributed by atoms with Gasteiger partial charge in [0.15, 0.2) is 5.75 Å². The highest BCUT2D eigenvalue weighted by atomic mass is 16.5. The Bertz CT molecular complexity index is 391. The molecule has 0 aromatic heterocycles. The number of carbonyl (C=O) groups excluding carboxylic acids is 1. The van der Waals surface area contributed by atoms with Gasteiger partial charge in [-0.3, -0.25) is 0 Å². The average Bonchev–Trinajstić information content (AvgIpc) is 2.38. The number of methoxy groups -OCH3 is 1. The highest BCUT2D eigenvalue weighted by molar-refractivity contribution is 5.94. The summed E-state index contributed by atoms with van der Waals surface area (Å²) in [7, 11) is 1.49. The standard InChI is InChI=1S/C14H21NO3/c1-3-4-5-6-10-18-14(16)11-8-7-9-12(15)13(11)17-2/h7-9H,3-6,10,15H2,1-2H3. The molecule has 0 radical (unpaired) electrons. The van der Waals surface area contributed by atoms with Gasteiger partial charge in [0.05, 0.1) is 19.4 Å². The van der Waals surface area contributed by atoms with Crippen molar-refractivity contribution in [3.05, 3.63) is 23.8 Å². The van der Waals surface area contributed by atoms with Gasteiger partial charge in [0.2, 0.25) is 0 Å². The number of carbonyl (C=O) groups is 1. The van der Waals surface area contributed by atoms with E-state index in [2.05, 4.69) is 6.92 Å². The van der Waals surface area contributed by atoms with Crippen LogP contribution in [0.1, 0.15) is 43.0 Å². The van der Waals surface area contributed by atoms with Crippen molar-refractivity contribution in [2.24, 2.45) is 0 Å². The highest BCUT2D eigenvalue weighted by Gasteiger charge is 2.15. The molecule has 1 rings (SSSR count). The highest BCUT2D eigenvalue weighted by Crippen LogP contribution is 2.26. The Morgan fingerprint density at radius 3 is 2.72 bits per heavy atom. The summed E-state index contributed by atoms with van der Waals surface area (Å²) in [6.07, 6.45) is 4.30. The quantitative estimate of drug-likeness (QED) is 0.459. The number of hydrogen-bond donors (Lipinski definition) is 1. The van der Waals surface area contributed by atoms with Gasteiger partial charge in [-0.25, -0.2) is 4.79 Å². The molecule has 0 atom stereocenters. The summed E-state index contributed by atoms with van der Waals surface area (Å²) >= 11 is 0. The maximum absolute atomic E-state index is 11.9. The Morgan fingerprint density at radius 2 is 2.06 bits per heavy atom. The maximum Gasteiger partial charge on any atom is 0.342 e. The number of esters is 1. The molecule has 0 aliphatic heterocycles. The zero-order valence-corrected chi connectivity index (χ0v) is 11.1. The van der Waals surface area contributed by atoms with E-state index in [1.54, 1.807) is 18.2 Å². The predicted molar refractivity (Wildman–Crippen MR) is 71.8 cm³/mol. The largest absolute Gasteiger partial charge is 0.494 e. The fraction of sp³-hybridized carbons (Fsp3) is 0.500. The lowest BCUT2D eigenvalue weighted by Crippen LogP contribution is -2.09. The van der Waals surface area contributed by atoms with E-state index in [-0.39, 0.29) is 5.97 Å². The van der Waals surface area contributed by atoms with Crippen molar-refractivity contribution in [3.63, 3.8) is 0 Å². The van der Waals surface area contributed by atoms with Crippen LogP contribution in [-0.4, -0.2) is 19.7 Å². The second kappa shape index (κ2) is 7.58. The third kappa shape index (κ3) is 3.95. The van der Waals surface area contributed by atoms with Crippen LogP contribution in [0.5, 0.6) is 5.75 Å². The van der Waals surface area contributed by atoms with Gasteiger partial charge in [-0.05, 0) is 18.6 Å². The van der Waals surface area contributed by atoms with Gasteiger partial charge in [-0.1, -0.05) is 32.3 Å². The first-order valence-corrected chi connectivity index (χ1v) is 6.30. The van der Waals surface area contributed by atoms with E-state index in [0.29, 0.717) is 23.6 Å². The summed E-state index contributed by atoms with van der Waals surface area (Å²) in [5, 5.41) is 0. The van der Waals surface area contributed by atoms with Crippen molar-refractivity contribution in [1.82, 2.24) is 0 Å². The third-order valence-electron chi connectivity index (χ3n) is 2.70. The minimum absolute atomic E-state index is 0.379. The minimum Gasteiger partial charge on any atom is -0.494 e. The predicted octanol–water partition coefficient (Wildman–Crippen LogP) is 3.01. The molecule has 100 valence electrons. The van der Waals surface area contributed by atoms with Gasteiger partial charge in [-0.2, -0.15) is 0 Å². The van der Waals surface area contributed by atoms with Crippen LogP contribution in [0.15, 0.2) is 18.2 Å². The van der Waals surface area contributed by atoms with E-state index in [1.807, 2.05) is 0 Å². The number of benzene rings is 1.